The summed E-state index contributed by atoms with van der Waals surface area (Å²) in [5.41, 5.74) is 0. The lowest BCUT2D eigenvalue weighted by atomic mass is 9.98. The summed E-state index contributed by atoms with van der Waals surface area (Å²) in [5, 5.41) is 7.87. The highest BCUT2D eigenvalue weighted by atomic mass is 16.6. The molecule has 0 aromatic carbocycles. The van der Waals surface area contributed by atoms with Gasteiger partial charge < -0.3 is 30.3 Å². The van der Waals surface area contributed by atoms with Crippen molar-refractivity contribution >= 4 is 23.6 Å². The molecule has 0 aromatic heterocycles. The Kier molecular flexibility index (Phi) is 16.0. The Balaban J connectivity index is 4.40. The number of amides is 4. The first kappa shape index (κ1) is 30.7. The summed E-state index contributed by atoms with van der Waals surface area (Å²) < 4.78 is 10.7. The van der Waals surface area contributed by atoms with Crippen LogP contribution in [0.25, 0.3) is 0 Å². The van der Waals surface area contributed by atoms with Crippen molar-refractivity contribution in [2.75, 3.05) is 53.7 Å². The lowest BCUT2D eigenvalue weighted by Crippen LogP contribution is -2.56. The molecule has 4 amide bonds. The molecule has 12 nitrogen and oxygen atoms in total. The summed E-state index contributed by atoms with van der Waals surface area (Å²) in [5.74, 6) is 3.31. The number of carbonyl (C=O) groups excluding carboxylic acids is 4. The zero-order valence-electron chi connectivity index (χ0n) is 20.6. The smallest absolute Gasteiger partial charge is 0.248 e. The molecule has 0 saturated carbocycles. The van der Waals surface area contributed by atoms with E-state index in [2.05, 4.69) is 20.8 Å². The van der Waals surface area contributed by atoms with Gasteiger partial charge in [0.1, 0.15) is 18.7 Å². The predicted octanol–water partition coefficient (Wildman–Crippen LogP) is -1.21. The molecule has 0 bridgehead atoms. The first-order chi connectivity index (χ1) is 15.6. The van der Waals surface area contributed by atoms with E-state index in [1.807, 2.05) is 27.7 Å². The number of likely N-dealkylation sites (N-methyl/N-ethyl adjacent to an activating group) is 2. The summed E-state index contributed by atoms with van der Waals surface area (Å²) in [6.45, 7) is 8.55. The highest BCUT2D eigenvalue weighted by Crippen LogP contribution is 2.13. The van der Waals surface area contributed by atoms with Crippen molar-refractivity contribution in [1.29, 1.82) is 0 Å². The Bertz CT molecular complexity index is 616. The van der Waals surface area contributed by atoms with Crippen LogP contribution in [-0.4, -0.2) is 94.3 Å². The Morgan fingerprint density at radius 2 is 1.52 bits per heavy atom. The third-order valence-electron chi connectivity index (χ3n) is 4.82. The van der Waals surface area contributed by atoms with Gasteiger partial charge in [0.15, 0.2) is 0 Å². The van der Waals surface area contributed by atoms with E-state index in [1.54, 1.807) is 7.05 Å². The van der Waals surface area contributed by atoms with E-state index in [4.69, 9.17) is 15.4 Å². The van der Waals surface area contributed by atoms with Crippen molar-refractivity contribution in [3.63, 3.8) is 0 Å². The molecule has 0 aliphatic heterocycles. The molecule has 5 N–H and O–H groups in total. The molecule has 0 heterocycles. The van der Waals surface area contributed by atoms with Crippen LogP contribution in [-0.2, 0) is 33.5 Å². The molecule has 1 unspecified atom stereocenters. The molecule has 0 aliphatic carbocycles. The van der Waals surface area contributed by atoms with Gasteiger partial charge in [-0.15, -0.1) is 0 Å². The highest BCUT2D eigenvalue weighted by molar-refractivity contribution is 5.92. The van der Waals surface area contributed by atoms with Crippen LogP contribution in [0.3, 0.4) is 0 Å². The van der Waals surface area contributed by atoms with Crippen molar-refractivity contribution in [3.05, 3.63) is 0 Å². The van der Waals surface area contributed by atoms with Crippen LogP contribution in [0.4, 0.5) is 0 Å². The quantitative estimate of drug-likeness (QED) is 0.150. The second-order valence-electron chi connectivity index (χ2n) is 8.17. The van der Waals surface area contributed by atoms with Crippen molar-refractivity contribution in [2.24, 2.45) is 17.7 Å². The number of hydrogen-bond donors (Lipinski definition) is 4. The van der Waals surface area contributed by atoms with E-state index in [1.165, 1.54) is 11.9 Å². The Hall–Kier alpha value is -2.28. The molecule has 0 saturated heterocycles. The maximum Gasteiger partial charge on any atom is 0.248 e. The van der Waals surface area contributed by atoms with Crippen LogP contribution in [0.15, 0.2) is 0 Å². The number of nitrogens with zero attached hydrogens (tertiary/aromatic N) is 1. The van der Waals surface area contributed by atoms with Gasteiger partial charge >= 0.3 is 0 Å². The summed E-state index contributed by atoms with van der Waals surface area (Å²) in [6.07, 6.45) is 0.102. The Labute approximate surface area is 196 Å². The van der Waals surface area contributed by atoms with Crippen LogP contribution in [0, 0.1) is 11.8 Å². The lowest BCUT2D eigenvalue weighted by Gasteiger charge is -2.32. The first-order valence-electron chi connectivity index (χ1n) is 11.1. The molecule has 2 atom stereocenters. The normalized spacial score (nSPS) is 12.9. The zero-order valence-corrected chi connectivity index (χ0v) is 20.6. The second kappa shape index (κ2) is 17.2. The molecule has 0 aliphatic rings. The van der Waals surface area contributed by atoms with Gasteiger partial charge in [0.05, 0.1) is 32.8 Å². The van der Waals surface area contributed by atoms with E-state index in [0.29, 0.717) is 19.8 Å². The van der Waals surface area contributed by atoms with Gasteiger partial charge in [0.25, 0.3) is 0 Å². The molecule has 0 radical (unpaired) electrons. The van der Waals surface area contributed by atoms with Crippen LogP contribution in [0.1, 0.15) is 34.1 Å². The van der Waals surface area contributed by atoms with Crippen molar-refractivity contribution in [2.45, 2.75) is 46.2 Å². The minimum Gasteiger partial charge on any atom is -0.379 e. The minimum atomic E-state index is -0.716. The monoisotopic (exact) mass is 475 g/mol. The highest BCUT2D eigenvalue weighted by Gasteiger charge is 2.33. The largest absolute Gasteiger partial charge is 0.379 e. The van der Waals surface area contributed by atoms with Gasteiger partial charge in [-0.3, -0.25) is 24.0 Å². The van der Waals surface area contributed by atoms with Gasteiger partial charge in [-0.25, -0.2) is 5.90 Å². The van der Waals surface area contributed by atoms with Gasteiger partial charge in [0.2, 0.25) is 23.6 Å². The van der Waals surface area contributed by atoms with Crippen molar-refractivity contribution in [1.82, 2.24) is 20.9 Å². The number of rotatable bonds is 17. The lowest BCUT2D eigenvalue weighted by molar-refractivity contribution is -0.142. The van der Waals surface area contributed by atoms with Crippen LogP contribution < -0.4 is 21.8 Å². The molecule has 0 aromatic rings. The SMILES string of the molecule is CNC(=O)[C@@H](NC(=O)C(C(C)C)N(C)C(=O)CCOCCOCCNC(=O)CON)C(C)C. The van der Waals surface area contributed by atoms with E-state index in [9.17, 15) is 19.2 Å². The molecule has 33 heavy (non-hydrogen) atoms. The average Bonchev–Trinajstić information content (AvgIpc) is 2.75. The topological polar surface area (TPSA) is 161 Å². The third kappa shape index (κ3) is 12.5. The van der Waals surface area contributed by atoms with Gasteiger partial charge in [-0.05, 0) is 11.8 Å². The average molecular weight is 476 g/mol. The molecular formula is C21H41N5O7. The van der Waals surface area contributed by atoms with E-state index in [0.717, 1.165) is 0 Å². The summed E-state index contributed by atoms with van der Waals surface area (Å²) in [7, 11) is 3.09. The standard InChI is InChI=1S/C21H41N5O7/c1-14(2)18(20(29)23-5)25-21(30)19(15(3)4)26(6)17(28)7-9-31-11-12-32-10-8-24-16(27)13-33-22/h14-15,18-19H,7-13,22H2,1-6H3,(H,23,29)(H,24,27)(H,25,30)/t18-,19?/m0/s1. The fourth-order valence-electron chi connectivity index (χ4n) is 3.06. The summed E-state index contributed by atoms with van der Waals surface area (Å²) in [6, 6.07) is -1.40. The van der Waals surface area contributed by atoms with E-state index < -0.39 is 12.1 Å². The fourth-order valence-corrected chi connectivity index (χ4v) is 3.06. The first-order valence-corrected chi connectivity index (χ1v) is 11.1. The molecular weight excluding hydrogens is 434 g/mol. The van der Waals surface area contributed by atoms with Crippen molar-refractivity contribution in [3.8, 4) is 0 Å². The van der Waals surface area contributed by atoms with Gasteiger partial charge in [-0.1, -0.05) is 27.7 Å². The Morgan fingerprint density at radius 3 is 2.03 bits per heavy atom. The molecule has 12 heteroatoms. The summed E-state index contributed by atoms with van der Waals surface area (Å²) >= 11 is 0. The van der Waals surface area contributed by atoms with Gasteiger partial charge in [0, 0.05) is 20.6 Å². The summed E-state index contributed by atoms with van der Waals surface area (Å²) in [4.78, 5) is 54.2. The number of hydrogen-bond acceptors (Lipinski definition) is 8. The van der Waals surface area contributed by atoms with E-state index >= 15 is 0 Å². The maximum atomic E-state index is 12.9. The van der Waals surface area contributed by atoms with Crippen molar-refractivity contribution < 1.29 is 33.5 Å². The van der Waals surface area contributed by atoms with E-state index in [-0.39, 0.29) is 61.7 Å². The van der Waals surface area contributed by atoms with Crippen LogP contribution in [0.5, 0.6) is 0 Å². The minimum absolute atomic E-state index is 0.102. The fraction of sp³-hybridized carbons (Fsp3) is 0.810. The van der Waals surface area contributed by atoms with Crippen LogP contribution >= 0.6 is 0 Å². The molecule has 0 fully saturated rings. The second-order valence-corrected chi connectivity index (χ2v) is 8.17. The predicted molar refractivity (Wildman–Crippen MR) is 122 cm³/mol. The molecule has 192 valence electrons. The number of nitrogens with one attached hydrogen (secondary N) is 3. The maximum absolute atomic E-state index is 12.9. The number of carbonyl (C=O) groups is 4. The zero-order chi connectivity index (χ0) is 25.4. The van der Waals surface area contributed by atoms with Gasteiger partial charge in [-0.2, -0.15) is 0 Å². The number of nitrogens with two attached hydrogens (primary N) is 1. The molecule has 0 spiro atoms. The Morgan fingerprint density at radius 1 is 0.909 bits per heavy atom. The molecule has 0 rings (SSSR count). The van der Waals surface area contributed by atoms with Crippen LogP contribution in [0.2, 0.25) is 0 Å². The third-order valence-corrected chi connectivity index (χ3v) is 4.82. The number of ether oxygens (including phenoxy) is 2.